The van der Waals surface area contributed by atoms with Crippen LogP contribution in [0.2, 0.25) is 18.1 Å². The summed E-state index contributed by atoms with van der Waals surface area (Å²) in [5.41, 5.74) is 8.03. The lowest BCUT2D eigenvalue weighted by Gasteiger charge is -2.33. The van der Waals surface area contributed by atoms with Crippen molar-refractivity contribution in [2.75, 3.05) is 0 Å². The second-order valence-corrected chi connectivity index (χ2v) is 19.2. The number of aryl methyl sites for hydroxylation is 3. The van der Waals surface area contributed by atoms with E-state index in [1.165, 1.54) is 5.19 Å². The molecule has 10 heteroatoms. The van der Waals surface area contributed by atoms with E-state index in [1.54, 1.807) is 32.6 Å². The van der Waals surface area contributed by atoms with E-state index in [0.717, 1.165) is 103 Å². The number of unbranched alkanes of at least 4 members (excludes halogenated alkanes) is 2. The van der Waals surface area contributed by atoms with Crippen LogP contribution in [0.25, 0.3) is 21.9 Å². The zero-order chi connectivity index (χ0) is 39.3. The van der Waals surface area contributed by atoms with E-state index in [9.17, 15) is 10.5 Å². The van der Waals surface area contributed by atoms with Gasteiger partial charge in [-0.25, -0.2) is 18.9 Å². The van der Waals surface area contributed by atoms with E-state index in [-0.39, 0.29) is 0 Å². The Morgan fingerprint density at radius 2 is 0.982 bits per heavy atom. The Balaban J connectivity index is 1.08. The maximum absolute atomic E-state index is 10.0. The van der Waals surface area contributed by atoms with Gasteiger partial charge in [0.1, 0.15) is 0 Å². The van der Waals surface area contributed by atoms with Crippen LogP contribution in [-0.4, -0.2) is 37.4 Å². The largest absolute Gasteiger partial charge is 0.242 e. The van der Waals surface area contributed by atoms with Crippen molar-refractivity contribution in [3.63, 3.8) is 0 Å². The molecule has 0 aliphatic carbocycles. The molecule has 0 aliphatic heterocycles. The second kappa shape index (κ2) is 18.7. The van der Waals surface area contributed by atoms with Crippen molar-refractivity contribution in [2.45, 2.75) is 69.5 Å². The number of nitriles is 2. The van der Waals surface area contributed by atoms with Gasteiger partial charge < -0.3 is 0 Å². The molecule has 3 aromatic heterocycles. The summed E-state index contributed by atoms with van der Waals surface area (Å²) in [7, 11) is -2.06. The second-order valence-electron chi connectivity index (χ2n) is 14.6. The summed E-state index contributed by atoms with van der Waals surface area (Å²) < 4.78 is 5.38. The van der Waals surface area contributed by atoms with Gasteiger partial charge in [0.05, 0.1) is 55.0 Å². The number of hydrogen-bond acceptors (Lipinski definition) is 5. The topological polar surface area (TPSA) is 105 Å². The normalized spacial score (nSPS) is 11.2. The van der Waals surface area contributed by atoms with Gasteiger partial charge in [-0.3, -0.25) is 0 Å². The maximum atomic E-state index is 10.0. The molecule has 7 rings (SSSR count). The van der Waals surface area contributed by atoms with Crippen LogP contribution >= 0.6 is 0 Å². The molecule has 282 valence electrons. The Labute approximate surface area is 335 Å². The molecule has 0 fully saturated rings. The lowest BCUT2D eigenvalue weighted by Crippen LogP contribution is -2.47. The standard InChI is InChI=1S/C47H45N9Si/c1-50-47-35-45(56-29-12-26-53-56)23-20-40(47)15-9-32-57(46-16-3-2-4-17-46,30-7-5-13-38-18-21-43(33-41(38)36-48)54-27-10-24-51-54)31-8-6-14-39-19-22-44(34-42(39)37-49)55-28-11-25-52-55/h2-4,10-12,16-29,33-35H,5-9,13-15,30-32H2. The van der Waals surface area contributed by atoms with Crippen molar-refractivity contribution in [2.24, 2.45) is 0 Å². The van der Waals surface area contributed by atoms with Crippen molar-refractivity contribution < 1.29 is 0 Å². The summed E-state index contributed by atoms with van der Waals surface area (Å²) in [5.74, 6) is 0. The van der Waals surface area contributed by atoms with Crippen LogP contribution < -0.4 is 5.19 Å². The van der Waals surface area contributed by atoms with Gasteiger partial charge in [0.25, 0.3) is 0 Å². The fraction of sp³-hybridized carbons (Fsp3) is 0.234. The van der Waals surface area contributed by atoms with E-state index in [4.69, 9.17) is 6.57 Å². The van der Waals surface area contributed by atoms with Crippen molar-refractivity contribution in [3.05, 3.63) is 180 Å². The maximum Gasteiger partial charge on any atom is 0.192 e. The molecule has 0 N–H and O–H groups in total. The highest BCUT2D eigenvalue weighted by atomic mass is 28.3. The fourth-order valence-corrected chi connectivity index (χ4v) is 13.3. The number of aromatic nitrogens is 6. The Hall–Kier alpha value is -6.80. The smallest absolute Gasteiger partial charge is 0.192 e. The molecule has 0 unspecified atom stereocenters. The van der Waals surface area contributed by atoms with Gasteiger partial charge >= 0.3 is 0 Å². The fourth-order valence-electron chi connectivity index (χ4n) is 8.11. The summed E-state index contributed by atoms with van der Waals surface area (Å²) in [4.78, 5) is 3.93. The summed E-state index contributed by atoms with van der Waals surface area (Å²) >= 11 is 0. The van der Waals surface area contributed by atoms with Crippen LogP contribution in [0.15, 0.2) is 140 Å². The van der Waals surface area contributed by atoms with E-state index in [0.29, 0.717) is 16.8 Å². The van der Waals surface area contributed by atoms with Crippen LogP contribution in [0.5, 0.6) is 0 Å². The van der Waals surface area contributed by atoms with Gasteiger partial charge in [-0.15, -0.1) is 0 Å². The minimum Gasteiger partial charge on any atom is -0.242 e. The van der Waals surface area contributed by atoms with Crippen molar-refractivity contribution >= 4 is 18.9 Å². The summed E-state index contributed by atoms with van der Waals surface area (Å²) in [6, 6.07) is 43.4. The van der Waals surface area contributed by atoms with Crippen LogP contribution in [0, 0.1) is 29.2 Å². The first-order valence-electron chi connectivity index (χ1n) is 19.7. The first kappa shape index (κ1) is 38.5. The molecule has 0 saturated carbocycles. The SMILES string of the molecule is [C-]#[N+]c1cc(-n2cccn2)ccc1CCC[Si](CCCCc1ccc(-n2cccn2)cc1C#N)(CCCCc1ccc(-n2cccn2)cc1C#N)c1ccccc1. The van der Waals surface area contributed by atoms with E-state index >= 15 is 0 Å². The summed E-state index contributed by atoms with van der Waals surface area (Å²) in [6.45, 7) is 7.98. The molecule has 57 heavy (non-hydrogen) atoms. The molecule has 0 spiro atoms. The van der Waals surface area contributed by atoms with E-state index < -0.39 is 8.07 Å². The van der Waals surface area contributed by atoms with Crippen molar-refractivity contribution in [3.8, 4) is 29.2 Å². The van der Waals surface area contributed by atoms with Crippen LogP contribution in [-0.2, 0) is 19.3 Å². The molecule has 0 saturated heterocycles. The average molecular weight is 764 g/mol. The molecule has 4 aromatic carbocycles. The Kier molecular flexibility index (Phi) is 12.6. The van der Waals surface area contributed by atoms with Gasteiger partial charge in [0.2, 0.25) is 0 Å². The molecule has 7 aromatic rings. The Bertz CT molecular complexity index is 2380. The zero-order valence-electron chi connectivity index (χ0n) is 32.1. The number of nitrogens with zero attached hydrogens (tertiary/aromatic N) is 9. The summed E-state index contributed by atoms with van der Waals surface area (Å²) in [5, 5.41) is 34.6. The van der Waals surface area contributed by atoms with Gasteiger partial charge in [-0.2, -0.15) is 25.8 Å². The zero-order valence-corrected chi connectivity index (χ0v) is 33.1. The van der Waals surface area contributed by atoms with Gasteiger partial charge in [0.15, 0.2) is 5.69 Å². The minimum absolute atomic E-state index is 0.689. The quantitative estimate of drug-likeness (QED) is 0.0492. The molecule has 0 aliphatic rings. The first-order chi connectivity index (χ1) is 28.1. The van der Waals surface area contributed by atoms with E-state index in [2.05, 4.69) is 86.9 Å². The van der Waals surface area contributed by atoms with Crippen molar-refractivity contribution in [1.82, 2.24) is 29.3 Å². The lowest BCUT2D eigenvalue weighted by molar-refractivity contribution is 0.749. The number of benzene rings is 4. The minimum atomic E-state index is -2.06. The average Bonchev–Trinajstić information content (AvgIpc) is 4.10. The monoisotopic (exact) mass is 763 g/mol. The molecule has 0 bridgehead atoms. The van der Waals surface area contributed by atoms with Crippen LogP contribution in [0.3, 0.4) is 0 Å². The molecule has 0 atom stereocenters. The molecular formula is C47H45N9Si. The Morgan fingerprint density at radius 1 is 0.526 bits per heavy atom. The highest BCUT2D eigenvalue weighted by molar-refractivity contribution is 6.91. The summed E-state index contributed by atoms with van der Waals surface area (Å²) in [6.07, 6.45) is 18.6. The Morgan fingerprint density at radius 3 is 1.44 bits per heavy atom. The van der Waals surface area contributed by atoms with Gasteiger partial charge in [0, 0.05) is 37.2 Å². The third-order valence-electron chi connectivity index (χ3n) is 11.1. The van der Waals surface area contributed by atoms with Crippen LogP contribution in [0.1, 0.15) is 59.9 Å². The highest BCUT2D eigenvalue weighted by Crippen LogP contribution is 2.32. The third-order valence-corrected chi connectivity index (χ3v) is 16.6. The lowest BCUT2D eigenvalue weighted by atomic mass is 10.0. The molecular weight excluding hydrogens is 719 g/mol. The van der Waals surface area contributed by atoms with Crippen LogP contribution in [0.4, 0.5) is 5.69 Å². The molecule has 0 amide bonds. The molecule has 0 radical (unpaired) electrons. The highest BCUT2D eigenvalue weighted by Gasteiger charge is 2.33. The van der Waals surface area contributed by atoms with Crippen molar-refractivity contribution in [1.29, 1.82) is 10.5 Å². The third kappa shape index (κ3) is 9.36. The van der Waals surface area contributed by atoms with Gasteiger partial charge in [-0.1, -0.05) is 91.1 Å². The predicted molar refractivity (Wildman–Crippen MR) is 227 cm³/mol. The number of rotatable bonds is 18. The van der Waals surface area contributed by atoms with Gasteiger partial charge in [-0.05, 0) is 103 Å². The predicted octanol–water partition coefficient (Wildman–Crippen LogP) is 9.87. The molecule has 3 heterocycles. The van der Waals surface area contributed by atoms with E-state index in [1.807, 2.05) is 67.1 Å². The number of hydrogen-bond donors (Lipinski definition) is 0. The molecule has 9 nitrogen and oxygen atoms in total. The first-order valence-corrected chi connectivity index (χ1v) is 22.3.